The van der Waals surface area contributed by atoms with Gasteiger partial charge in [0.1, 0.15) is 16.4 Å². The average molecular weight is 473 g/mol. The fourth-order valence-corrected chi connectivity index (χ4v) is 5.26. The summed E-state index contributed by atoms with van der Waals surface area (Å²) in [6, 6.07) is 10.8. The summed E-state index contributed by atoms with van der Waals surface area (Å²) in [7, 11) is -4.04. The second-order valence-electron chi connectivity index (χ2n) is 7.03. The van der Waals surface area contributed by atoms with Crippen molar-refractivity contribution in [2.45, 2.75) is 18.1 Å². The Hall–Kier alpha value is -3.57. The highest BCUT2D eigenvalue weighted by Gasteiger charge is 2.20. The second-order valence-corrected chi connectivity index (χ2v) is 10.2. The number of carbonyl (C=O) groups is 1. The molecule has 0 saturated carbocycles. The second kappa shape index (κ2) is 8.17. The van der Waals surface area contributed by atoms with Crippen LogP contribution in [0.25, 0.3) is 16.6 Å². The van der Waals surface area contributed by atoms with E-state index in [4.69, 9.17) is 0 Å². The first-order valence-electron chi connectivity index (χ1n) is 9.32. The fourth-order valence-electron chi connectivity index (χ4n) is 3.07. The molecule has 4 aromatic rings. The molecule has 32 heavy (non-hydrogen) atoms. The zero-order valence-electron chi connectivity index (χ0n) is 16.9. The van der Waals surface area contributed by atoms with E-state index in [1.807, 2.05) is 17.7 Å². The number of nitrogens with zero attached hydrogens (tertiary/aromatic N) is 2. The number of thiophene rings is 1. The Bertz CT molecular complexity index is 1530. The monoisotopic (exact) mass is 472 g/mol. The number of carbonyl (C=O) groups excluding carboxylic acids is 1. The molecule has 0 unspecified atom stereocenters. The third kappa shape index (κ3) is 4.25. The fraction of sp³-hybridized carbons (Fsp3) is 0.0952. The zero-order chi connectivity index (χ0) is 23.0. The van der Waals surface area contributed by atoms with Gasteiger partial charge in [-0.2, -0.15) is 0 Å². The summed E-state index contributed by atoms with van der Waals surface area (Å²) in [6.45, 7) is 3.58. The molecule has 8 nitrogen and oxygen atoms in total. The van der Waals surface area contributed by atoms with Gasteiger partial charge in [0.15, 0.2) is 0 Å². The number of anilines is 1. The van der Waals surface area contributed by atoms with E-state index >= 15 is 0 Å². The van der Waals surface area contributed by atoms with Gasteiger partial charge in [-0.25, -0.2) is 27.3 Å². The molecular formula is C21H17FN4O4S2. The van der Waals surface area contributed by atoms with Crippen LogP contribution in [0.5, 0.6) is 0 Å². The summed E-state index contributed by atoms with van der Waals surface area (Å²) < 4.78 is 42.2. The van der Waals surface area contributed by atoms with Crippen molar-refractivity contribution in [3.63, 3.8) is 0 Å². The summed E-state index contributed by atoms with van der Waals surface area (Å²) in [6.07, 6.45) is 1.23. The molecule has 2 heterocycles. The summed E-state index contributed by atoms with van der Waals surface area (Å²) in [5.74, 6) is -0.796. The van der Waals surface area contributed by atoms with Crippen molar-refractivity contribution in [1.82, 2.24) is 14.3 Å². The quantitative estimate of drug-likeness (QED) is 0.471. The molecule has 0 aliphatic carbocycles. The molecule has 0 atom stereocenters. The van der Waals surface area contributed by atoms with Crippen LogP contribution in [0.4, 0.5) is 14.9 Å². The number of hydrogen-bond donors (Lipinski definition) is 2. The van der Waals surface area contributed by atoms with Crippen molar-refractivity contribution in [1.29, 1.82) is 0 Å². The van der Waals surface area contributed by atoms with Gasteiger partial charge in [0.05, 0.1) is 16.6 Å². The highest BCUT2D eigenvalue weighted by atomic mass is 32.2. The van der Waals surface area contributed by atoms with Gasteiger partial charge in [-0.15, -0.1) is 11.3 Å². The Balaban J connectivity index is 1.58. The van der Waals surface area contributed by atoms with E-state index in [-0.39, 0.29) is 15.6 Å². The molecule has 0 radical (unpaired) electrons. The predicted molar refractivity (Wildman–Crippen MR) is 120 cm³/mol. The Labute approximate surface area is 186 Å². The highest BCUT2D eigenvalue weighted by molar-refractivity contribution is 7.92. The van der Waals surface area contributed by atoms with E-state index in [0.29, 0.717) is 10.9 Å². The number of aromatic nitrogens is 2. The number of hydrogen-bond acceptors (Lipinski definition) is 6. The first kappa shape index (κ1) is 21.7. The molecular weight excluding hydrogens is 455 g/mol. The number of aryl methyl sites for hydroxylation is 2. The maximum atomic E-state index is 14.8. The highest BCUT2D eigenvalue weighted by Crippen LogP contribution is 2.21. The minimum atomic E-state index is -4.04. The largest absolute Gasteiger partial charge is 0.333 e. The lowest BCUT2D eigenvalue weighted by Crippen LogP contribution is -2.34. The molecule has 2 amide bonds. The molecule has 0 aliphatic rings. The molecule has 0 spiro atoms. The lowest BCUT2D eigenvalue weighted by molar-refractivity contribution is 0.256. The van der Waals surface area contributed by atoms with E-state index < -0.39 is 27.4 Å². The van der Waals surface area contributed by atoms with Crippen LogP contribution < -0.4 is 15.6 Å². The summed E-state index contributed by atoms with van der Waals surface area (Å²) in [5.41, 5.74) is 0.882. The van der Waals surface area contributed by atoms with Crippen molar-refractivity contribution >= 4 is 44.0 Å². The Kier molecular flexibility index (Phi) is 5.53. The molecule has 164 valence electrons. The number of fused-ring (bicyclic) bond motifs is 1. The molecule has 2 aromatic carbocycles. The maximum absolute atomic E-state index is 14.8. The average Bonchev–Trinajstić information content (AvgIpc) is 3.16. The maximum Gasteiger partial charge on any atom is 0.333 e. The molecule has 0 bridgehead atoms. The van der Waals surface area contributed by atoms with Crippen LogP contribution in [0.2, 0.25) is 0 Å². The van der Waals surface area contributed by atoms with E-state index in [1.165, 1.54) is 24.5 Å². The first-order valence-corrected chi connectivity index (χ1v) is 11.6. The number of halogens is 1. The third-order valence-corrected chi connectivity index (χ3v) is 7.41. The van der Waals surface area contributed by atoms with Crippen LogP contribution in [0, 0.1) is 19.7 Å². The van der Waals surface area contributed by atoms with Crippen LogP contribution in [-0.4, -0.2) is 24.0 Å². The Morgan fingerprint density at radius 3 is 2.56 bits per heavy atom. The van der Waals surface area contributed by atoms with Gasteiger partial charge in [0.25, 0.3) is 15.6 Å². The molecule has 0 aliphatic heterocycles. The normalized spacial score (nSPS) is 11.5. The van der Waals surface area contributed by atoms with Gasteiger partial charge in [0.2, 0.25) is 0 Å². The van der Waals surface area contributed by atoms with Gasteiger partial charge >= 0.3 is 6.03 Å². The Morgan fingerprint density at radius 1 is 1.09 bits per heavy atom. The standard InChI is InChI=1S/C21H17FN4O4S2/c1-12-3-6-17-15(9-12)20(27)26(11-23-17)18-7-5-14(10-16(18)22)24-21(28)25-32(29,30)19-8-4-13(2)31-19/h3-11H,1-2H3,(H2,24,25,28). The zero-order valence-corrected chi connectivity index (χ0v) is 18.6. The van der Waals surface area contributed by atoms with Crippen molar-refractivity contribution in [3.8, 4) is 5.69 Å². The first-order chi connectivity index (χ1) is 15.1. The van der Waals surface area contributed by atoms with Crippen LogP contribution >= 0.6 is 11.3 Å². The summed E-state index contributed by atoms with van der Waals surface area (Å²) >= 11 is 1.02. The van der Waals surface area contributed by atoms with Crippen molar-refractivity contribution in [2.24, 2.45) is 0 Å². The summed E-state index contributed by atoms with van der Waals surface area (Å²) in [5, 5.41) is 2.63. The minimum absolute atomic E-state index is 0.00917. The van der Waals surface area contributed by atoms with Gasteiger partial charge in [-0.05, 0) is 56.3 Å². The van der Waals surface area contributed by atoms with Gasteiger partial charge in [-0.1, -0.05) is 11.6 Å². The molecule has 2 aromatic heterocycles. The number of benzene rings is 2. The van der Waals surface area contributed by atoms with Crippen LogP contribution in [0.3, 0.4) is 0 Å². The number of rotatable bonds is 4. The van der Waals surface area contributed by atoms with E-state index in [2.05, 4.69) is 10.3 Å². The molecule has 2 N–H and O–H groups in total. The Morgan fingerprint density at radius 2 is 1.88 bits per heavy atom. The number of sulfonamides is 1. The number of urea groups is 1. The van der Waals surface area contributed by atoms with Crippen LogP contribution in [0.15, 0.2) is 63.9 Å². The van der Waals surface area contributed by atoms with Crippen molar-refractivity contribution in [3.05, 3.63) is 81.5 Å². The van der Waals surface area contributed by atoms with Crippen LogP contribution in [0.1, 0.15) is 10.4 Å². The third-order valence-electron chi connectivity index (χ3n) is 4.59. The topological polar surface area (TPSA) is 110 Å². The number of amides is 2. The molecule has 0 fully saturated rings. The number of nitrogens with one attached hydrogen (secondary N) is 2. The smallest absolute Gasteiger partial charge is 0.307 e. The predicted octanol–water partition coefficient (Wildman–Crippen LogP) is 3.71. The summed E-state index contributed by atoms with van der Waals surface area (Å²) in [4.78, 5) is 29.9. The van der Waals surface area contributed by atoms with E-state index in [0.717, 1.165) is 32.4 Å². The van der Waals surface area contributed by atoms with E-state index in [9.17, 15) is 22.4 Å². The lowest BCUT2D eigenvalue weighted by atomic mass is 10.1. The lowest BCUT2D eigenvalue weighted by Gasteiger charge is -2.11. The SMILES string of the molecule is Cc1ccc2ncn(-c3ccc(NC(=O)NS(=O)(=O)c4ccc(C)s4)cc3F)c(=O)c2c1. The van der Waals surface area contributed by atoms with Gasteiger partial charge in [-0.3, -0.25) is 9.36 Å². The van der Waals surface area contributed by atoms with E-state index in [1.54, 1.807) is 25.1 Å². The molecule has 4 rings (SSSR count). The van der Waals surface area contributed by atoms with Crippen LogP contribution in [-0.2, 0) is 10.0 Å². The van der Waals surface area contributed by atoms with Gasteiger partial charge < -0.3 is 5.32 Å². The molecule has 11 heteroatoms. The minimum Gasteiger partial charge on any atom is -0.307 e. The molecule has 0 saturated heterocycles. The van der Waals surface area contributed by atoms with Crippen molar-refractivity contribution < 1.29 is 17.6 Å². The van der Waals surface area contributed by atoms with Crippen molar-refractivity contribution in [2.75, 3.05) is 5.32 Å². The van der Waals surface area contributed by atoms with Gasteiger partial charge in [0, 0.05) is 10.6 Å².